The molecule has 0 aromatic heterocycles. The van der Waals surface area contributed by atoms with E-state index in [4.69, 9.17) is 0 Å². The van der Waals surface area contributed by atoms with Gasteiger partial charge in [0.15, 0.2) is 0 Å². The standard InChI is InChI=1S/C18H15BrN2O2/c19-11-3-1-10(2-4-11)9-20-21-16(22)14-12-5-6-13(15(14)17(21)23)18(12)7-8-18/h1-6,9,12-15H,7-8H2/b20-9-/t12-,13-,14+,15+/m1/s1. The van der Waals surface area contributed by atoms with Crippen LogP contribution in [0.3, 0.4) is 0 Å². The highest BCUT2D eigenvalue weighted by molar-refractivity contribution is 9.10. The van der Waals surface area contributed by atoms with E-state index in [0.717, 1.165) is 27.9 Å². The van der Waals surface area contributed by atoms with Crippen molar-refractivity contribution < 1.29 is 9.59 Å². The quantitative estimate of drug-likeness (QED) is 0.456. The van der Waals surface area contributed by atoms with Gasteiger partial charge in [0.1, 0.15) is 0 Å². The molecule has 1 saturated heterocycles. The Bertz CT molecular complexity index is 745. The molecule has 2 saturated carbocycles. The van der Waals surface area contributed by atoms with Crippen LogP contribution in [-0.4, -0.2) is 23.0 Å². The minimum atomic E-state index is -0.179. The van der Waals surface area contributed by atoms with E-state index >= 15 is 0 Å². The molecule has 0 N–H and O–H groups in total. The Kier molecular flexibility index (Phi) is 2.62. The lowest BCUT2D eigenvalue weighted by Crippen LogP contribution is -2.30. The van der Waals surface area contributed by atoms with Crippen molar-refractivity contribution in [2.45, 2.75) is 12.8 Å². The topological polar surface area (TPSA) is 49.7 Å². The molecule has 23 heavy (non-hydrogen) atoms. The van der Waals surface area contributed by atoms with Crippen LogP contribution < -0.4 is 0 Å². The fraction of sp³-hybridized carbons (Fsp3) is 0.389. The number of amides is 2. The average Bonchev–Trinajstić information content (AvgIpc) is 3.15. The number of hydrogen-bond acceptors (Lipinski definition) is 3. The monoisotopic (exact) mass is 370 g/mol. The third-order valence-corrected chi connectivity index (χ3v) is 6.55. The Morgan fingerprint density at radius 3 is 2.13 bits per heavy atom. The normalized spacial score (nSPS) is 35.8. The summed E-state index contributed by atoms with van der Waals surface area (Å²) in [5, 5.41) is 5.31. The van der Waals surface area contributed by atoms with E-state index in [2.05, 4.69) is 33.2 Å². The third-order valence-electron chi connectivity index (χ3n) is 6.02. The van der Waals surface area contributed by atoms with Crippen LogP contribution in [0.1, 0.15) is 18.4 Å². The molecule has 1 aromatic carbocycles. The molecule has 1 aliphatic heterocycles. The number of halogens is 1. The first-order valence-corrected chi connectivity index (χ1v) is 8.77. The van der Waals surface area contributed by atoms with Gasteiger partial charge >= 0.3 is 0 Å². The number of nitrogens with zero attached hydrogens (tertiary/aromatic N) is 2. The summed E-state index contributed by atoms with van der Waals surface area (Å²) >= 11 is 3.38. The molecule has 116 valence electrons. The van der Waals surface area contributed by atoms with Gasteiger partial charge in [-0.15, -0.1) is 0 Å². The molecule has 1 spiro atoms. The molecule has 4 atom stereocenters. The van der Waals surface area contributed by atoms with E-state index < -0.39 is 0 Å². The number of fused-ring (bicyclic) bond motifs is 3. The summed E-state index contributed by atoms with van der Waals surface area (Å²) in [4.78, 5) is 25.5. The minimum Gasteiger partial charge on any atom is -0.272 e. The molecule has 1 heterocycles. The summed E-state index contributed by atoms with van der Waals surface area (Å²) in [6, 6.07) is 7.60. The van der Waals surface area contributed by atoms with Crippen LogP contribution in [0.4, 0.5) is 0 Å². The summed E-state index contributed by atoms with van der Waals surface area (Å²) in [5.74, 6) is -0.0826. The molecule has 0 unspecified atom stereocenters. The van der Waals surface area contributed by atoms with Crippen LogP contribution in [0.5, 0.6) is 0 Å². The van der Waals surface area contributed by atoms with Crippen molar-refractivity contribution in [3.05, 3.63) is 46.5 Å². The van der Waals surface area contributed by atoms with Crippen molar-refractivity contribution in [1.29, 1.82) is 0 Å². The maximum Gasteiger partial charge on any atom is 0.254 e. The van der Waals surface area contributed by atoms with Crippen LogP contribution in [0.15, 0.2) is 46.0 Å². The van der Waals surface area contributed by atoms with Gasteiger partial charge in [-0.3, -0.25) is 9.59 Å². The average molecular weight is 371 g/mol. The van der Waals surface area contributed by atoms with E-state index in [9.17, 15) is 9.59 Å². The lowest BCUT2D eigenvalue weighted by Gasteiger charge is -2.18. The van der Waals surface area contributed by atoms with Gasteiger partial charge in [-0.05, 0) is 47.8 Å². The van der Waals surface area contributed by atoms with Crippen molar-refractivity contribution in [1.82, 2.24) is 5.01 Å². The number of hydrazone groups is 1. The van der Waals surface area contributed by atoms with Gasteiger partial charge in [0.25, 0.3) is 11.8 Å². The van der Waals surface area contributed by atoms with Gasteiger partial charge in [-0.25, -0.2) is 0 Å². The Labute approximate surface area is 142 Å². The second-order valence-electron chi connectivity index (χ2n) is 7.01. The van der Waals surface area contributed by atoms with E-state index in [1.54, 1.807) is 6.21 Å². The number of rotatable bonds is 2. The summed E-state index contributed by atoms with van der Waals surface area (Å²) in [7, 11) is 0. The second-order valence-corrected chi connectivity index (χ2v) is 7.92. The third kappa shape index (κ3) is 1.69. The zero-order valence-corrected chi connectivity index (χ0v) is 13.9. The van der Waals surface area contributed by atoms with Crippen LogP contribution in [0.25, 0.3) is 0 Å². The van der Waals surface area contributed by atoms with Gasteiger partial charge in [0, 0.05) is 4.47 Å². The van der Waals surface area contributed by atoms with Crippen LogP contribution in [0, 0.1) is 29.1 Å². The zero-order chi connectivity index (χ0) is 15.8. The van der Waals surface area contributed by atoms with Crippen LogP contribution >= 0.6 is 15.9 Å². The highest BCUT2D eigenvalue weighted by atomic mass is 79.9. The molecule has 0 radical (unpaired) electrons. The van der Waals surface area contributed by atoms with E-state index in [0.29, 0.717) is 0 Å². The number of benzene rings is 1. The SMILES string of the molecule is O=C1[C@@H]2[C@@H](C(=O)N1/N=C\c1ccc(Br)cc1)[C@H]1C=C[C@H]2C12CC2. The van der Waals surface area contributed by atoms with Crippen molar-refractivity contribution in [3.63, 3.8) is 0 Å². The number of imide groups is 1. The number of carbonyl (C=O) groups is 2. The van der Waals surface area contributed by atoms with Gasteiger partial charge in [-0.1, -0.05) is 40.2 Å². The van der Waals surface area contributed by atoms with E-state index in [-0.39, 0.29) is 40.9 Å². The van der Waals surface area contributed by atoms with E-state index in [1.807, 2.05) is 24.3 Å². The van der Waals surface area contributed by atoms with Gasteiger partial charge < -0.3 is 0 Å². The Hall–Kier alpha value is -1.75. The first-order valence-electron chi connectivity index (χ1n) is 7.97. The summed E-state index contributed by atoms with van der Waals surface area (Å²) < 4.78 is 0.981. The summed E-state index contributed by atoms with van der Waals surface area (Å²) in [6.07, 6.45) is 8.25. The molecule has 4 aliphatic rings. The fourth-order valence-electron chi connectivity index (χ4n) is 4.85. The van der Waals surface area contributed by atoms with Crippen molar-refractivity contribution in [2.75, 3.05) is 0 Å². The highest BCUT2D eigenvalue weighted by Crippen LogP contribution is 2.73. The smallest absolute Gasteiger partial charge is 0.254 e. The molecule has 1 aromatic rings. The van der Waals surface area contributed by atoms with Crippen LogP contribution in [-0.2, 0) is 9.59 Å². The fourth-order valence-corrected chi connectivity index (χ4v) is 5.11. The Balaban J connectivity index is 1.43. The largest absolute Gasteiger partial charge is 0.272 e. The lowest BCUT2D eigenvalue weighted by molar-refractivity contribution is -0.141. The number of allylic oxidation sites excluding steroid dienone is 2. The van der Waals surface area contributed by atoms with Crippen molar-refractivity contribution in [2.24, 2.45) is 34.2 Å². The minimum absolute atomic E-state index is 0.114. The zero-order valence-electron chi connectivity index (χ0n) is 12.4. The Morgan fingerprint density at radius 1 is 1.04 bits per heavy atom. The second kappa shape index (κ2) is 4.41. The predicted octanol–water partition coefficient (Wildman–Crippen LogP) is 2.98. The molecular formula is C18H15BrN2O2. The van der Waals surface area contributed by atoms with Gasteiger partial charge in [0.2, 0.25) is 0 Å². The summed E-state index contributed by atoms with van der Waals surface area (Å²) in [6.45, 7) is 0. The molecule has 5 heteroatoms. The molecule has 4 nitrogen and oxygen atoms in total. The number of hydrogen-bond donors (Lipinski definition) is 0. The predicted molar refractivity (Wildman–Crippen MR) is 88.4 cm³/mol. The Morgan fingerprint density at radius 2 is 1.61 bits per heavy atom. The maximum absolute atomic E-state index is 12.7. The lowest BCUT2D eigenvalue weighted by atomic mass is 9.85. The number of carbonyl (C=O) groups excluding carboxylic acids is 2. The first-order chi connectivity index (χ1) is 11.1. The van der Waals surface area contributed by atoms with Gasteiger partial charge in [-0.2, -0.15) is 10.1 Å². The van der Waals surface area contributed by atoms with E-state index in [1.165, 1.54) is 0 Å². The van der Waals surface area contributed by atoms with Crippen molar-refractivity contribution in [3.8, 4) is 0 Å². The first kappa shape index (κ1) is 13.7. The molecule has 3 fully saturated rings. The molecule has 2 bridgehead atoms. The highest BCUT2D eigenvalue weighted by Gasteiger charge is 2.73. The van der Waals surface area contributed by atoms with Gasteiger partial charge in [0.05, 0.1) is 18.1 Å². The molecule has 2 amide bonds. The molecule has 5 rings (SSSR count). The van der Waals surface area contributed by atoms with Crippen molar-refractivity contribution >= 4 is 34.0 Å². The maximum atomic E-state index is 12.7. The molecular weight excluding hydrogens is 356 g/mol. The summed E-state index contributed by atoms with van der Waals surface area (Å²) in [5.41, 5.74) is 1.10. The van der Waals surface area contributed by atoms with Crippen LogP contribution in [0.2, 0.25) is 0 Å². The molecule has 3 aliphatic carbocycles.